The number of ether oxygens (including phenoxy) is 3. The number of fused-ring (bicyclic) bond motifs is 1. The van der Waals surface area contributed by atoms with Gasteiger partial charge < -0.3 is 19.3 Å². The number of aryl methyl sites for hydroxylation is 1. The van der Waals surface area contributed by atoms with Crippen LogP contribution in [0.2, 0.25) is 0 Å². The van der Waals surface area contributed by atoms with E-state index in [4.69, 9.17) is 14.2 Å². The lowest BCUT2D eigenvalue weighted by Gasteiger charge is -2.25. The van der Waals surface area contributed by atoms with Crippen molar-refractivity contribution in [2.45, 2.75) is 13.0 Å². The van der Waals surface area contributed by atoms with Gasteiger partial charge in [-0.2, -0.15) is 0 Å². The van der Waals surface area contributed by atoms with Gasteiger partial charge in [-0.15, -0.1) is 0 Å². The van der Waals surface area contributed by atoms with Crippen molar-refractivity contribution in [2.24, 2.45) is 0 Å². The van der Waals surface area contributed by atoms with Crippen molar-refractivity contribution in [1.29, 1.82) is 0 Å². The summed E-state index contributed by atoms with van der Waals surface area (Å²) in [6.45, 7) is 1.97. The predicted molar refractivity (Wildman–Crippen MR) is 142 cm³/mol. The first-order valence-corrected chi connectivity index (χ1v) is 12.2. The highest BCUT2D eigenvalue weighted by Gasteiger charge is 2.49. The molecule has 5 rings (SSSR count). The number of thiazole rings is 1. The molecule has 0 saturated carbocycles. The van der Waals surface area contributed by atoms with E-state index >= 15 is 0 Å². The Morgan fingerprint density at radius 3 is 2.30 bits per heavy atom. The highest BCUT2D eigenvalue weighted by atomic mass is 32.1. The quantitative estimate of drug-likeness (QED) is 0.212. The molecule has 0 bridgehead atoms. The molecule has 1 aliphatic rings. The van der Waals surface area contributed by atoms with Crippen LogP contribution in [0.15, 0.2) is 66.2 Å². The molecule has 4 aromatic rings. The predicted octanol–water partition coefficient (Wildman–Crippen LogP) is 5.26. The normalized spacial score (nSPS) is 16.9. The monoisotopic (exact) mass is 516 g/mol. The van der Waals surface area contributed by atoms with Crippen molar-refractivity contribution in [3.8, 4) is 17.2 Å². The Kier molecular flexibility index (Phi) is 6.31. The zero-order chi connectivity index (χ0) is 26.3. The number of carbonyl (C=O) groups is 2. The number of benzene rings is 3. The Bertz CT molecular complexity index is 1560. The number of amides is 1. The maximum atomic E-state index is 13.5. The zero-order valence-electron chi connectivity index (χ0n) is 20.6. The summed E-state index contributed by atoms with van der Waals surface area (Å²) in [6, 6.07) is 16.5. The van der Waals surface area contributed by atoms with Gasteiger partial charge in [0.2, 0.25) is 0 Å². The Labute approximate surface area is 217 Å². The second-order valence-electron chi connectivity index (χ2n) is 8.47. The summed E-state index contributed by atoms with van der Waals surface area (Å²) in [5.41, 5.74) is 2.53. The number of anilines is 1. The van der Waals surface area contributed by atoms with Crippen LogP contribution in [0.1, 0.15) is 22.7 Å². The van der Waals surface area contributed by atoms with Crippen molar-refractivity contribution in [1.82, 2.24) is 4.98 Å². The molecule has 0 spiro atoms. The molecule has 1 amide bonds. The van der Waals surface area contributed by atoms with Crippen LogP contribution >= 0.6 is 11.3 Å². The minimum absolute atomic E-state index is 0.0721. The molecule has 1 aromatic heterocycles. The molecule has 9 heteroatoms. The summed E-state index contributed by atoms with van der Waals surface area (Å²) in [6.07, 6.45) is 0. The Balaban J connectivity index is 1.77. The molecule has 0 aliphatic carbocycles. The minimum Gasteiger partial charge on any atom is -0.507 e. The number of Topliss-reactive ketones (excluding diaryl/α,β-unsaturated/α-hetero) is 1. The first-order valence-electron chi connectivity index (χ1n) is 11.4. The SMILES string of the molecule is COc1ccc(/C(O)=C2\C(=O)C(=O)N(c3nc4ccc(C)cc4s3)[C@@H]2c2cc(OC)ccc2OC)cc1. The van der Waals surface area contributed by atoms with Crippen LogP contribution in [0.3, 0.4) is 0 Å². The van der Waals surface area contributed by atoms with Gasteiger partial charge in [-0.25, -0.2) is 4.98 Å². The van der Waals surface area contributed by atoms with Gasteiger partial charge >= 0.3 is 5.91 Å². The number of nitrogens with zero attached hydrogens (tertiary/aromatic N) is 2. The molecular formula is C28H24N2O6S. The third-order valence-corrected chi connectivity index (χ3v) is 7.30. The van der Waals surface area contributed by atoms with Crippen molar-refractivity contribution in [2.75, 3.05) is 26.2 Å². The Morgan fingerprint density at radius 1 is 0.919 bits per heavy atom. The minimum atomic E-state index is -1.01. The molecule has 37 heavy (non-hydrogen) atoms. The molecule has 1 atom stereocenters. The Hall–Kier alpha value is -4.37. The van der Waals surface area contributed by atoms with Crippen LogP contribution in [0, 0.1) is 6.92 Å². The summed E-state index contributed by atoms with van der Waals surface area (Å²) >= 11 is 1.30. The smallest absolute Gasteiger partial charge is 0.301 e. The van der Waals surface area contributed by atoms with Gasteiger partial charge in [0.25, 0.3) is 5.78 Å². The lowest BCUT2D eigenvalue weighted by Crippen LogP contribution is -2.29. The highest BCUT2D eigenvalue weighted by Crippen LogP contribution is 2.47. The van der Waals surface area contributed by atoms with E-state index in [1.54, 1.807) is 42.5 Å². The fourth-order valence-corrected chi connectivity index (χ4v) is 5.49. The van der Waals surface area contributed by atoms with E-state index in [0.29, 0.717) is 39.0 Å². The number of rotatable bonds is 6. The van der Waals surface area contributed by atoms with Crippen LogP contribution in [0.5, 0.6) is 17.2 Å². The number of hydrogen-bond donors (Lipinski definition) is 1. The van der Waals surface area contributed by atoms with Crippen LogP contribution in [0.25, 0.3) is 16.0 Å². The topological polar surface area (TPSA) is 98.2 Å². The second kappa shape index (κ2) is 9.59. The molecule has 8 nitrogen and oxygen atoms in total. The van der Waals surface area contributed by atoms with Crippen LogP contribution in [-0.2, 0) is 9.59 Å². The average molecular weight is 517 g/mol. The first kappa shape index (κ1) is 24.3. The summed E-state index contributed by atoms with van der Waals surface area (Å²) in [4.78, 5) is 33.0. The van der Waals surface area contributed by atoms with E-state index in [-0.39, 0.29) is 11.3 Å². The van der Waals surface area contributed by atoms with Gasteiger partial charge in [-0.1, -0.05) is 17.4 Å². The molecular weight excluding hydrogens is 492 g/mol. The van der Waals surface area contributed by atoms with Gasteiger partial charge in [0.05, 0.1) is 37.1 Å². The summed E-state index contributed by atoms with van der Waals surface area (Å²) in [5.74, 6) is -0.400. The highest BCUT2D eigenvalue weighted by molar-refractivity contribution is 7.22. The van der Waals surface area contributed by atoms with Crippen LogP contribution in [-0.4, -0.2) is 43.1 Å². The lowest BCUT2D eigenvalue weighted by molar-refractivity contribution is -0.132. The number of ketones is 1. The molecule has 1 N–H and O–H groups in total. The molecule has 1 saturated heterocycles. The van der Waals surface area contributed by atoms with Crippen molar-refractivity contribution in [3.05, 3.63) is 82.9 Å². The number of aromatic nitrogens is 1. The van der Waals surface area contributed by atoms with Gasteiger partial charge in [0.1, 0.15) is 29.0 Å². The molecule has 0 unspecified atom stereocenters. The van der Waals surface area contributed by atoms with Crippen LogP contribution in [0.4, 0.5) is 5.13 Å². The third-order valence-electron chi connectivity index (χ3n) is 6.28. The van der Waals surface area contributed by atoms with Gasteiger partial charge in [0.15, 0.2) is 5.13 Å². The number of hydrogen-bond acceptors (Lipinski definition) is 8. The molecule has 3 aromatic carbocycles. The van der Waals surface area contributed by atoms with Crippen molar-refractivity contribution < 1.29 is 28.9 Å². The van der Waals surface area contributed by atoms with E-state index in [1.807, 2.05) is 25.1 Å². The molecule has 1 fully saturated rings. The van der Waals surface area contributed by atoms with E-state index in [9.17, 15) is 14.7 Å². The van der Waals surface area contributed by atoms with Crippen molar-refractivity contribution >= 4 is 44.1 Å². The Morgan fingerprint density at radius 2 is 1.62 bits per heavy atom. The standard InChI is InChI=1S/C28H24N2O6S/c1-15-5-11-20-22(13-15)37-28(29-20)30-24(19-14-18(35-3)10-12-21(19)36-4)23(26(32)27(30)33)25(31)16-6-8-17(34-2)9-7-16/h5-14,24,31H,1-4H3/b25-23+/t24-/m1/s1. The van der Waals surface area contributed by atoms with E-state index in [2.05, 4.69) is 4.98 Å². The summed E-state index contributed by atoms with van der Waals surface area (Å²) in [7, 11) is 4.56. The first-order chi connectivity index (χ1) is 17.9. The van der Waals surface area contributed by atoms with Crippen molar-refractivity contribution in [3.63, 3.8) is 0 Å². The molecule has 0 radical (unpaired) electrons. The van der Waals surface area contributed by atoms with Crippen LogP contribution < -0.4 is 19.1 Å². The molecule has 2 heterocycles. The lowest BCUT2D eigenvalue weighted by atomic mass is 9.94. The maximum Gasteiger partial charge on any atom is 0.301 e. The second-order valence-corrected chi connectivity index (χ2v) is 9.48. The fraction of sp³-hybridized carbons (Fsp3) is 0.179. The number of carbonyl (C=O) groups excluding carboxylic acids is 2. The number of aliphatic hydroxyl groups excluding tert-OH is 1. The number of methoxy groups -OCH3 is 3. The fourth-order valence-electron chi connectivity index (χ4n) is 4.40. The van der Waals surface area contributed by atoms with E-state index < -0.39 is 17.7 Å². The van der Waals surface area contributed by atoms with Gasteiger partial charge in [0, 0.05) is 11.1 Å². The molecule has 188 valence electrons. The number of aliphatic hydroxyl groups is 1. The largest absolute Gasteiger partial charge is 0.507 e. The summed E-state index contributed by atoms with van der Waals surface area (Å²) < 4.78 is 17.1. The average Bonchev–Trinajstić information content (AvgIpc) is 3.45. The third kappa shape index (κ3) is 4.17. The van der Waals surface area contributed by atoms with E-state index in [0.717, 1.165) is 10.3 Å². The van der Waals surface area contributed by atoms with Gasteiger partial charge in [-0.05, 0) is 67.1 Å². The summed E-state index contributed by atoms with van der Waals surface area (Å²) in [5, 5.41) is 11.7. The zero-order valence-corrected chi connectivity index (χ0v) is 21.5. The molecule has 1 aliphatic heterocycles. The van der Waals surface area contributed by atoms with Gasteiger partial charge in [-0.3, -0.25) is 14.5 Å². The van der Waals surface area contributed by atoms with E-state index in [1.165, 1.54) is 37.6 Å². The maximum absolute atomic E-state index is 13.5.